The summed E-state index contributed by atoms with van der Waals surface area (Å²) in [4.78, 5) is 23.6. The minimum absolute atomic E-state index is 0.0780. The Balaban J connectivity index is 1.53. The number of hydrogen-bond acceptors (Lipinski definition) is 5. The number of thiophene rings is 1. The molecule has 3 heterocycles. The Morgan fingerprint density at radius 2 is 2.14 bits per heavy atom. The van der Waals surface area contributed by atoms with Crippen LogP contribution in [0.25, 0.3) is 11.4 Å². The standard InChI is InChI=1S/C22H26N4OS/c1-26(15-19-8-4-10-28-19)14-16-5-2-6-17(11-16)22-24-20(12-21(27)25-22)18-7-3-9-23-13-18/h2,4-6,8,10-12,18,23H,3,7,9,13-15H2,1H3,(H,24,25,27). The normalized spacial score (nSPS) is 17.1. The lowest BCUT2D eigenvalue weighted by Crippen LogP contribution is -2.29. The minimum Gasteiger partial charge on any atom is -0.316 e. The monoisotopic (exact) mass is 394 g/mol. The fraction of sp³-hybridized carbons (Fsp3) is 0.364. The molecule has 1 unspecified atom stereocenters. The van der Waals surface area contributed by atoms with Crippen molar-refractivity contribution in [2.45, 2.75) is 31.8 Å². The lowest BCUT2D eigenvalue weighted by Gasteiger charge is -2.22. The highest BCUT2D eigenvalue weighted by atomic mass is 32.1. The van der Waals surface area contributed by atoms with E-state index in [0.29, 0.717) is 11.7 Å². The molecule has 1 aromatic carbocycles. The number of H-pyrrole nitrogens is 1. The average molecular weight is 395 g/mol. The minimum atomic E-state index is -0.0780. The molecule has 1 saturated heterocycles. The van der Waals surface area contributed by atoms with Gasteiger partial charge in [0.05, 0.1) is 5.69 Å². The van der Waals surface area contributed by atoms with Crippen molar-refractivity contribution in [2.75, 3.05) is 20.1 Å². The second kappa shape index (κ2) is 8.82. The van der Waals surface area contributed by atoms with Crippen molar-refractivity contribution in [3.05, 3.63) is 74.3 Å². The van der Waals surface area contributed by atoms with E-state index in [4.69, 9.17) is 4.98 Å². The summed E-state index contributed by atoms with van der Waals surface area (Å²) >= 11 is 1.78. The Bertz CT molecular complexity index is 961. The third-order valence-electron chi connectivity index (χ3n) is 5.14. The van der Waals surface area contributed by atoms with E-state index in [9.17, 15) is 4.79 Å². The van der Waals surface area contributed by atoms with Gasteiger partial charge in [0.15, 0.2) is 0 Å². The number of benzene rings is 1. The first-order chi connectivity index (χ1) is 13.7. The molecule has 0 radical (unpaired) electrons. The van der Waals surface area contributed by atoms with Crippen LogP contribution in [-0.2, 0) is 13.1 Å². The zero-order valence-corrected chi connectivity index (χ0v) is 17.0. The topological polar surface area (TPSA) is 61.0 Å². The van der Waals surface area contributed by atoms with Gasteiger partial charge in [-0.2, -0.15) is 0 Å². The number of nitrogens with one attached hydrogen (secondary N) is 2. The van der Waals surface area contributed by atoms with Gasteiger partial charge in [-0.25, -0.2) is 4.98 Å². The summed E-state index contributed by atoms with van der Waals surface area (Å²) in [6.45, 7) is 3.72. The molecule has 0 aliphatic carbocycles. The number of piperidine rings is 1. The summed E-state index contributed by atoms with van der Waals surface area (Å²) in [5, 5.41) is 5.52. The molecule has 1 aliphatic heterocycles. The van der Waals surface area contributed by atoms with E-state index < -0.39 is 0 Å². The van der Waals surface area contributed by atoms with Crippen molar-refractivity contribution in [3.63, 3.8) is 0 Å². The van der Waals surface area contributed by atoms with E-state index >= 15 is 0 Å². The number of nitrogens with zero attached hydrogens (tertiary/aromatic N) is 2. The van der Waals surface area contributed by atoms with E-state index in [-0.39, 0.29) is 5.56 Å². The molecule has 1 atom stereocenters. The van der Waals surface area contributed by atoms with E-state index in [1.807, 2.05) is 12.1 Å². The molecular formula is C22H26N4OS. The van der Waals surface area contributed by atoms with Crippen LogP contribution in [0.1, 0.15) is 34.9 Å². The molecule has 3 aromatic rings. The zero-order chi connectivity index (χ0) is 19.3. The largest absolute Gasteiger partial charge is 0.316 e. The molecule has 2 N–H and O–H groups in total. The molecule has 0 spiro atoms. The van der Waals surface area contributed by atoms with Crippen LogP contribution >= 0.6 is 11.3 Å². The first-order valence-corrected chi connectivity index (χ1v) is 10.7. The van der Waals surface area contributed by atoms with Crippen LogP contribution in [0.3, 0.4) is 0 Å². The summed E-state index contributed by atoms with van der Waals surface area (Å²) in [6.07, 6.45) is 2.21. The smallest absolute Gasteiger partial charge is 0.251 e. The van der Waals surface area contributed by atoms with Gasteiger partial charge in [-0.15, -0.1) is 11.3 Å². The quantitative estimate of drug-likeness (QED) is 0.671. The van der Waals surface area contributed by atoms with Crippen LogP contribution in [0.4, 0.5) is 0 Å². The summed E-state index contributed by atoms with van der Waals surface area (Å²) in [7, 11) is 2.13. The van der Waals surface area contributed by atoms with Crippen molar-refractivity contribution < 1.29 is 0 Å². The predicted molar refractivity (Wildman–Crippen MR) is 115 cm³/mol. The summed E-state index contributed by atoms with van der Waals surface area (Å²) in [5.41, 5.74) is 2.99. The van der Waals surface area contributed by atoms with E-state index in [0.717, 1.165) is 50.3 Å². The lowest BCUT2D eigenvalue weighted by atomic mass is 9.96. The molecule has 146 valence electrons. The van der Waals surface area contributed by atoms with Crippen LogP contribution in [0.15, 0.2) is 52.6 Å². The van der Waals surface area contributed by atoms with Gasteiger partial charge in [-0.3, -0.25) is 9.69 Å². The highest BCUT2D eigenvalue weighted by molar-refractivity contribution is 7.09. The first kappa shape index (κ1) is 19.1. The van der Waals surface area contributed by atoms with Gasteiger partial charge in [-0.05, 0) is 49.5 Å². The molecule has 0 bridgehead atoms. The summed E-state index contributed by atoms with van der Waals surface area (Å²) < 4.78 is 0. The van der Waals surface area contributed by atoms with Gasteiger partial charge in [-0.1, -0.05) is 24.3 Å². The first-order valence-electron chi connectivity index (χ1n) is 9.79. The van der Waals surface area contributed by atoms with Gasteiger partial charge in [0.2, 0.25) is 0 Å². The average Bonchev–Trinajstić information content (AvgIpc) is 3.21. The maximum absolute atomic E-state index is 12.2. The predicted octanol–water partition coefficient (Wildman–Crippen LogP) is 3.60. The van der Waals surface area contributed by atoms with Gasteiger partial charge >= 0.3 is 0 Å². The highest BCUT2D eigenvalue weighted by Gasteiger charge is 2.18. The summed E-state index contributed by atoms with van der Waals surface area (Å²) in [5.74, 6) is 0.978. The Morgan fingerprint density at radius 3 is 2.93 bits per heavy atom. The maximum atomic E-state index is 12.2. The van der Waals surface area contributed by atoms with Crippen LogP contribution in [-0.4, -0.2) is 35.0 Å². The molecule has 1 aliphatic rings. The van der Waals surface area contributed by atoms with Crippen molar-refractivity contribution in [2.24, 2.45) is 0 Å². The molecule has 0 amide bonds. The number of aromatic amines is 1. The van der Waals surface area contributed by atoms with E-state index in [1.54, 1.807) is 17.4 Å². The Hall–Kier alpha value is -2.28. The van der Waals surface area contributed by atoms with E-state index in [2.05, 4.69) is 51.9 Å². The second-order valence-electron chi connectivity index (χ2n) is 7.51. The Kier molecular flexibility index (Phi) is 6.00. The van der Waals surface area contributed by atoms with Gasteiger partial charge in [0.25, 0.3) is 5.56 Å². The second-order valence-corrected chi connectivity index (χ2v) is 8.55. The molecule has 5 nitrogen and oxygen atoms in total. The number of rotatable bonds is 6. The van der Waals surface area contributed by atoms with Crippen molar-refractivity contribution in [1.82, 2.24) is 20.2 Å². The zero-order valence-electron chi connectivity index (χ0n) is 16.1. The third-order valence-corrected chi connectivity index (χ3v) is 6.00. The molecule has 4 rings (SSSR count). The molecular weight excluding hydrogens is 368 g/mol. The molecule has 2 aromatic heterocycles. The molecule has 0 saturated carbocycles. The van der Waals surface area contributed by atoms with Gasteiger partial charge in [0, 0.05) is 42.1 Å². The fourth-order valence-corrected chi connectivity index (χ4v) is 4.56. The number of hydrogen-bond donors (Lipinski definition) is 2. The molecule has 1 fully saturated rings. The molecule has 6 heteroatoms. The van der Waals surface area contributed by atoms with Gasteiger partial charge in [0.1, 0.15) is 5.82 Å². The van der Waals surface area contributed by atoms with E-state index in [1.165, 1.54) is 10.4 Å². The van der Waals surface area contributed by atoms with Crippen LogP contribution < -0.4 is 10.9 Å². The molecule has 28 heavy (non-hydrogen) atoms. The highest BCUT2D eigenvalue weighted by Crippen LogP contribution is 2.23. The third kappa shape index (κ3) is 4.76. The number of aromatic nitrogens is 2. The van der Waals surface area contributed by atoms with Crippen molar-refractivity contribution in [1.29, 1.82) is 0 Å². The van der Waals surface area contributed by atoms with Crippen LogP contribution in [0.5, 0.6) is 0 Å². The van der Waals surface area contributed by atoms with Crippen LogP contribution in [0.2, 0.25) is 0 Å². The van der Waals surface area contributed by atoms with Gasteiger partial charge < -0.3 is 10.3 Å². The van der Waals surface area contributed by atoms with Crippen LogP contribution in [0, 0.1) is 0 Å². The maximum Gasteiger partial charge on any atom is 0.251 e. The van der Waals surface area contributed by atoms with Crippen molar-refractivity contribution in [3.8, 4) is 11.4 Å². The Labute approximate surface area is 169 Å². The lowest BCUT2D eigenvalue weighted by molar-refractivity contribution is 0.322. The SMILES string of the molecule is CN(Cc1cccc(-c2nc(C3CCCNC3)cc(=O)[nH]2)c1)Cc1cccs1. The van der Waals surface area contributed by atoms with Crippen molar-refractivity contribution >= 4 is 11.3 Å². The summed E-state index contributed by atoms with van der Waals surface area (Å²) in [6, 6.07) is 14.2. The fourth-order valence-electron chi connectivity index (χ4n) is 3.78. The Morgan fingerprint density at radius 1 is 1.21 bits per heavy atom.